The molecule has 3 rings (SSSR count). The van der Waals surface area contributed by atoms with Crippen LogP contribution in [0.4, 0.5) is 13.2 Å². The average molecular weight is 401 g/mol. The molecule has 28 heavy (non-hydrogen) atoms. The van der Waals surface area contributed by atoms with Gasteiger partial charge in [0.1, 0.15) is 11.9 Å². The molecule has 3 atom stereocenters. The minimum atomic E-state index is -5.08. The zero-order valence-electron chi connectivity index (χ0n) is 16.3. The Morgan fingerprint density at radius 3 is 2.18 bits per heavy atom. The summed E-state index contributed by atoms with van der Waals surface area (Å²) in [6.45, 7) is 2.26. The number of rotatable bonds is 7. The number of fused-ring (bicyclic) bond motifs is 2. The molecule has 2 aliphatic heterocycles. The predicted molar refractivity (Wildman–Crippen MR) is 102 cm³/mol. The number of alkyl halides is 3. The normalized spacial score (nSPS) is 23.6. The van der Waals surface area contributed by atoms with Gasteiger partial charge in [-0.05, 0) is 56.2 Å². The first kappa shape index (κ1) is 22.5. The van der Waals surface area contributed by atoms with E-state index in [4.69, 9.17) is 14.6 Å². The average Bonchev–Trinajstić information content (AvgIpc) is 2.98. The Bertz CT molecular complexity index is 592. The molecule has 0 amide bonds. The van der Waals surface area contributed by atoms with Crippen molar-refractivity contribution in [1.82, 2.24) is 5.32 Å². The van der Waals surface area contributed by atoms with Crippen LogP contribution in [0.2, 0.25) is 0 Å². The Kier molecular flexibility index (Phi) is 8.60. The van der Waals surface area contributed by atoms with Crippen molar-refractivity contribution in [1.29, 1.82) is 0 Å². The van der Waals surface area contributed by atoms with E-state index in [0.717, 1.165) is 5.75 Å². The molecular formula is C21H30F3NO3. The summed E-state index contributed by atoms with van der Waals surface area (Å²) in [7, 11) is 0. The van der Waals surface area contributed by atoms with Gasteiger partial charge in [-0.1, -0.05) is 38.3 Å². The molecule has 2 fully saturated rings. The van der Waals surface area contributed by atoms with Gasteiger partial charge < -0.3 is 15.2 Å². The number of halogens is 3. The number of unbranched alkanes of at least 4 members (excludes halogenated alkanes) is 3. The van der Waals surface area contributed by atoms with E-state index in [9.17, 15) is 13.2 Å². The molecule has 158 valence electrons. The van der Waals surface area contributed by atoms with Crippen LogP contribution in [0.3, 0.4) is 0 Å². The minimum Gasteiger partial charge on any atom is -0.490 e. The Balaban J connectivity index is 0.000000345. The first-order valence-electron chi connectivity index (χ1n) is 10.1. The Hall–Kier alpha value is -1.76. The van der Waals surface area contributed by atoms with Crippen LogP contribution in [0.25, 0.3) is 0 Å². The van der Waals surface area contributed by atoms with Crippen LogP contribution in [-0.2, 0) is 11.2 Å². The third-order valence-electron chi connectivity index (χ3n) is 5.22. The highest BCUT2D eigenvalue weighted by molar-refractivity contribution is 5.73. The molecule has 4 nitrogen and oxygen atoms in total. The lowest BCUT2D eigenvalue weighted by Crippen LogP contribution is -2.42. The third kappa shape index (κ3) is 7.70. The Labute approximate surface area is 164 Å². The number of aryl methyl sites for hydroxylation is 1. The fourth-order valence-electron chi connectivity index (χ4n) is 3.78. The fourth-order valence-corrected chi connectivity index (χ4v) is 3.78. The van der Waals surface area contributed by atoms with Crippen LogP contribution in [0.1, 0.15) is 63.9 Å². The highest BCUT2D eigenvalue weighted by atomic mass is 19.4. The van der Waals surface area contributed by atoms with Crippen LogP contribution in [0, 0.1) is 0 Å². The van der Waals surface area contributed by atoms with Gasteiger partial charge in [0, 0.05) is 12.1 Å². The van der Waals surface area contributed by atoms with Crippen LogP contribution < -0.4 is 10.1 Å². The maximum Gasteiger partial charge on any atom is 0.490 e. The van der Waals surface area contributed by atoms with Gasteiger partial charge in [-0.25, -0.2) is 4.79 Å². The summed E-state index contributed by atoms with van der Waals surface area (Å²) in [4.78, 5) is 8.90. The number of hydrogen-bond acceptors (Lipinski definition) is 3. The molecule has 2 saturated heterocycles. The molecule has 0 aliphatic carbocycles. The van der Waals surface area contributed by atoms with Gasteiger partial charge in [-0.2, -0.15) is 13.2 Å². The number of hydrogen-bond donors (Lipinski definition) is 2. The molecule has 2 bridgehead atoms. The highest BCUT2D eigenvalue weighted by Crippen LogP contribution is 2.29. The topological polar surface area (TPSA) is 58.6 Å². The second kappa shape index (κ2) is 10.7. The number of piperidine rings is 1. The predicted octanol–water partition coefficient (Wildman–Crippen LogP) is 5.10. The van der Waals surface area contributed by atoms with Crippen molar-refractivity contribution in [2.45, 2.75) is 89.1 Å². The number of aliphatic carboxylic acids is 1. The molecule has 2 N–H and O–H groups in total. The van der Waals surface area contributed by atoms with E-state index in [1.165, 1.54) is 63.4 Å². The quantitative estimate of drug-likeness (QED) is 0.624. The van der Waals surface area contributed by atoms with Crippen molar-refractivity contribution in [3.63, 3.8) is 0 Å². The second-order valence-electron chi connectivity index (χ2n) is 7.61. The van der Waals surface area contributed by atoms with Crippen molar-refractivity contribution in [3.8, 4) is 5.75 Å². The lowest BCUT2D eigenvalue weighted by Gasteiger charge is -2.29. The van der Waals surface area contributed by atoms with E-state index in [-0.39, 0.29) is 0 Å². The first-order valence-corrected chi connectivity index (χ1v) is 10.1. The standard InChI is InChI=1S/C19H29NO.C2HF3O2/c1-2-3-4-5-6-15-7-11-18(12-8-15)21-19-13-16-9-10-17(14-19)20-16;3-2(4,5)1(6)7/h7-8,11-12,16-17,19-20H,2-6,9-10,13-14H2,1H3;(H,6,7)/t16-,17+,19?;. The fraction of sp³-hybridized carbons (Fsp3) is 0.667. The van der Waals surface area contributed by atoms with Crippen molar-refractivity contribution in [2.24, 2.45) is 0 Å². The first-order chi connectivity index (χ1) is 13.3. The third-order valence-corrected chi connectivity index (χ3v) is 5.22. The van der Waals surface area contributed by atoms with E-state index < -0.39 is 12.1 Å². The van der Waals surface area contributed by atoms with Gasteiger partial charge in [0.2, 0.25) is 0 Å². The summed E-state index contributed by atoms with van der Waals surface area (Å²) in [6.07, 6.45) is 6.90. The van der Waals surface area contributed by atoms with Crippen molar-refractivity contribution < 1.29 is 27.8 Å². The van der Waals surface area contributed by atoms with Crippen LogP contribution in [0.15, 0.2) is 24.3 Å². The summed E-state index contributed by atoms with van der Waals surface area (Å²) in [6, 6.07) is 10.2. The number of carbonyl (C=O) groups is 1. The van der Waals surface area contributed by atoms with Crippen molar-refractivity contribution in [2.75, 3.05) is 0 Å². The maximum atomic E-state index is 10.6. The Morgan fingerprint density at radius 1 is 1.11 bits per heavy atom. The van der Waals surface area contributed by atoms with E-state index in [0.29, 0.717) is 18.2 Å². The van der Waals surface area contributed by atoms with Gasteiger partial charge in [0.25, 0.3) is 0 Å². The molecule has 0 saturated carbocycles. The molecule has 0 radical (unpaired) electrons. The Morgan fingerprint density at radius 2 is 1.68 bits per heavy atom. The van der Waals surface area contributed by atoms with Gasteiger partial charge >= 0.3 is 12.1 Å². The van der Waals surface area contributed by atoms with E-state index in [1.807, 2.05) is 0 Å². The van der Waals surface area contributed by atoms with Crippen LogP contribution in [0.5, 0.6) is 5.75 Å². The van der Waals surface area contributed by atoms with Crippen LogP contribution >= 0.6 is 0 Å². The van der Waals surface area contributed by atoms with E-state index in [1.54, 1.807) is 0 Å². The molecule has 7 heteroatoms. The molecule has 2 heterocycles. The SMILES string of the molecule is CCCCCCc1ccc(OC2C[C@H]3CC[C@@H](C2)N3)cc1.O=C(O)C(F)(F)F. The summed E-state index contributed by atoms with van der Waals surface area (Å²) in [5.74, 6) is -1.70. The largest absolute Gasteiger partial charge is 0.490 e. The van der Waals surface area contributed by atoms with Gasteiger partial charge in [0.15, 0.2) is 0 Å². The zero-order valence-corrected chi connectivity index (χ0v) is 16.3. The number of nitrogens with one attached hydrogen (secondary N) is 1. The second-order valence-corrected chi connectivity index (χ2v) is 7.61. The smallest absolute Gasteiger partial charge is 0.490 e. The zero-order chi connectivity index (χ0) is 20.6. The molecular weight excluding hydrogens is 371 g/mol. The summed E-state index contributed by atoms with van der Waals surface area (Å²) in [5, 5.41) is 10.8. The number of benzene rings is 1. The van der Waals surface area contributed by atoms with Crippen molar-refractivity contribution >= 4 is 5.97 Å². The number of carboxylic acid groups (broad SMARTS) is 1. The molecule has 2 aliphatic rings. The molecule has 1 aromatic rings. The maximum absolute atomic E-state index is 10.6. The number of ether oxygens (including phenoxy) is 1. The van der Waals surface area contributed by atoms with E-state index in [2.05, 4.69) is 36.5 Å². The monoisotopic (exact) mass is 401 g/mol. The molecule has 0 aromatic heterocycles. The van der Waals surface area contributed by atoms with Gasteiger partial charge in [-0.3, -0.25) is 0 Å². The summed E-state index contributed by atoms with van der Waals surface area (Å²) < 4.78 is 37.9. The molecule has 0 spiro atoms. The summed E-state index contributed by atoms with van der Waals surface area (Å²) in [5.41, 5.74) is 1.45. The van der Waals surface area contributed by atoms with Crippen LogP contribution in [-0.4, -0.2) is 35.4 Å². The number of carboxylic acids is 1. The lowest BCUT2D eigenvalue weighted by atomic mass is 10.0. The van der Waals surface area contributed by atoms with Gasteiger partial charge in [0.05, 0.1) is 0 Å². The minimum absolute atomic E-state index is 0.416. The summed E-state index contributed by atoms with van der Waals surface area (Å²) >= 11 is 0. The highest BCUT2D eigenvalue weighted by Gasteiger charge is 2.38. The van der Waals surface area contributed by atoms with Crippen molar-refractivity contribution in [3.05, 3.63) is 29.8 Å². The molecule has 1 unspecified atom stereocenters. The van der Waals surface area contributed by atoms with E-state index >= 15 is 0 Å². The van der Waals surface area contributed by atoms with Gasteiger partial charge in [-0.15, -0.1) is 0 Å². The lowest BCUT2D eigenvalue weighted by molar-refractivity contribution is -0.192. The molecule has 1 aromatic carbocycles.